The van der Waals surface area contributed by atoms with E-state index in [-0.39, 0.29) is 23.1 Å². The zero-order chi connectivity index (χ0) is 3.58. The van der Waals surface area contributed by atoms with Gasteiger partial charge in [0.1, 0.15) is 0 Å². The van der Waals surface area contributed by atoms with Crippen LogP contribution in [-0.2, 0) is 4.79 Å². The highest BCUT2D eigenvalue weighted by Gasteiger charge is 1.65. The van der Waals surface area contributed by atoms with Gasteiger partial charge in [-0.05, 0) is 0 Å². The molecule has 0 saturated heterocycles. The van der Waals surface area contributed by atoms with Crippen molar-refractivity contribution in [2.45, 2.75) is 6.92 Å². The number of hydrogen-bond donors (Lipinski definition) is 1. The van der Waals surface area contributed by atoms with Crippen LogP contribution in [0.4, 0.5) is 0 Å². The maximum atomic E-state index is 9.00. The molecule has 0 spiro atoms. The molecular formula is C2H4MgO2. The van der Waals surface area contributed by atoms with E-state index in [9.17, 15) is 0 Å². The van der Waals surface area contributed by atoms with Crippen LogP contribution in [0.1, 0.15) is 6.92 Å². The Hall–Kier alpha value is 0.236. The third-order valence-corrected chi connectivity index (χ3v) is 0. The van der Waals surface area contributed by atoms with Crippen molar-refractivity contribution in [2.75, 3.05) is 0 Å². The minimum absolute atomic E-state index is 0. The number of hydrogen-bond acceptors (Lipinski definition) is 1. The first-order valence-corrected chi connectivity index (χ1v) is 0.928. The fourth-order valence-corrected chi connectivity index (χ4v) is 0. The normalized spacial score (nSPS) is 5.00. The third-order valence-electron chi connectivity index (χ3n) is 0. The molecule has 0 rings (SSSR count). The van der Waals surface area contributed by atoms with E-state index < -0.39 is 5.97 Å². The first kappa shape index (κ1) is 8.97. The molecule has 0 amide bonds. The fraction of sp³-hybridized carbons (Fsp3) is 0.500. The minimum Gasteiger partial charge on any atom is -0.481 e. The van der Waals surface area contributed by atoms with Gasteiger partial charge in [-0.1, -0.05) is 0 Å². The topological polar surface area (TPSA) is 37.3 Å². The summed E-state index contributed by atoms with van der Waals surface area (Å²) in [5.74, 6) is -0.833. The van der Waals surface area contributed by atoms with Gasteiger partial charge < -0.3 is 5.11 Å². The van der Waals surface area contributed by atoms with Crippen LogP contribution >= 0.6 is 0 Å². The minimum atomic E-state index is -0.833. The molecule has 0 aliphatic heterocycles. The second-order valence-electron chi connectivity index (χ2n) is 0.519. The van der Waals surface area contributed by atoms with E-state index in [0.717, 1.165) is 6.92 Å². The molecule has 0 aliphatic carbocycles. The average molecular weight is 84.4 g/mol. The van der Waals surface area contributed by atoms with Crippen molar-refractivity contribution in [1.29, 1.82) is 0 Å². The lowest BCUT2D eigenvalue weighted by molar-refractivity contribution is -0.134. The summed E-state index contributed by atoms with van der Waals surface area (Å²) in [6, 6.07) is 0. The molecule has 0 fully saturated rings. The first-order valence-electron chi connectivity index (χ1n) is 0.928. The molecule has 26 valence electrons. The van der Waals surface area contributed by atoms with Gasteiger partial charge in [0, 0.05) is 30.0 Å². The molecule has 0 saturated carbocycles. The second kappa shape index (κ2) is 4.24. The molecule has 0 heterocycles. The van der Waals surface area contributed by atoms with Crippen LogP contribution in [0.3, 0.4) is 0 Å². The summed E-state index contributed by atoms with van der Waals surface area (Å²) in [5.41, 5.74) is 0. The molecule has 0 bridgehead atoms. The molecule has 3 heteroatoms. The number of carboxylic acids is 1. The van der Waals surface area contributed by atoms with Crippen LogP contribution in [-0.4, -0.2) is 34.1 Å². The summed E-state index contributed by atoms with van der Waals surface area (Å²) in [4.78, 5) is 9.00. The first-order chi connectivity index (χ1) is 1.73. The van der Waals surface area contributed by atoms with Gasteiger partial charge in [0.2, 0.25) is 0 Å². The molecule has 5 heavy (non-hydrogen) atoms. The highest BCUT2D eigenvalue weighted by atomic mass is 24.3. The van der Waals surface area contributed by atoms with Crippen LogP contribution < -0.4 is 0 Å². The van der Waals surface area contributed by atoms with Crippen molar-refractivity contribution in [2.24, 2.45) is 0 Å². The lowest BCUT2D eigenvalue weighted by Crippen LogP contribution is -1.78. The Bertz CT molecular complexity index is 30.6. The van der Waals surface area contributed by atoms with Crippen molar-refractivity contribution in [3.05, 3.63) is 0 Å². The molecule has 0 unspecified atom stereocenters. The maximum Gasteiger partial charge on any atom is 0.300 e. The Labute approximate surface area is 46.3 Å². The van der Waals surface area contributed by atoms with E-state index in [1.165, 1.54) is 0 Å². The number of carbonyl (C=O) groups is 1. The predicted molar refractivity (Wildman–Crippen MR) is 19.1 cm³/mol. The number of rotatable bonds is 0. The van der Waals surface area contributed by atoms with E-state index in [1.807, 2.05) is 0 Å². The van der Waals surface area contributed by atoms with Gasteiger partial charge in [0.15, 0.2) is 0 Å². The van der Waals surface area contributed by atoms with Crippen LogP contribution in [0.15, 0.2) is 0 Å². The largest absolute Gasteiger partial charge is 0.481 e. The Balaban J connectivity index is 0. The Morgan fingerprint density at radius 3 is 1.80 bits per heavy atom. The van der Waals surface area contributed by atoms with E-state index in [2.05, 4.69) is 0 Å². The van der Waals surface area contributed by atoms with E-state index in [4.69, 9.17) is 9.90 Å². The van der Waals surface area contributed by atoms with Crippen LogP contribution in [0.5, 0.6) is 0 Å². The van der Waals surface area contributed by atoms with Crippen LogP contribution in [0.2, 0.25) is 0 Å². The van der Waals surface area contributed by atoms with Crippen molar-refractivity contribution in [1.82, 2.24) is 0 Å². The number of carboxylic acid groups (broad SMARTS) is 1. The SMILES string of the molecule is CC(=O)O.[Mg]. The van der Waals surface area contributed by atoms with Crippen molar-refractivity contribution < 1.29 is 9.90 Å². The summed E-state index contributed by atoms with van der Waals surface area (Å²) < 4.78 is 0. The summed E-state index contributed by atoms with van der Waals surface area (Å²) in [7, 11) is 0. The second-order valence-corrected chi connectivity index (χ2v) is 0.519. The van der Waals surface area contributed by atoms with Gasteiger partial charge >= 0.3 is 0 Å². The Morgan fingerprint density at radius 1 is 1.80 bits per heavy atom. The van der Waals surface area contributed by atoms with Crippen molar-refractivity contribution in [3.63, 3.8) is 0 Å². The summed E-state index contributed by atoms with van der Waals surface area (Å²) in [6.07, 6.45) is 0. The molecule has 0 aromatic heterocycles. The quantitative estimate of drug-likeness (QED) is 0.410. The lowest BCUT2D eigenvalue weighted by Gasteiger charge is -1.59. The Morgan fingerprint density at radius 2 is 1.80 bits per heavy atom. The van der Waals surface area contributed by atoms with E-state index >= 15 is 0 Å². The summed E-state index contributed by atoms with van der Waals surface area (Å²) in [5, 5.41) is 7.42. The summed E-state index contributed by atoms with van der Waals surface area (Å²) >= 11 is 0. The monoisotopic (exact) mass is 84.0 g/mol. The van der Waals surface area contributed by atoms with Crippen molar-refractivity contribution in [3.8, 4) is 0 Å². The smallest absolute Gasteiger partial charge is 0.300 e. The van der Waals surface area contributed by atoms with Crippen LogP contribution in [0, 0.1) is 0 Å². The zero-order valence-corrected chi connectivity index (χ0v) is 4.48. The molecular weight excluding hydrogens is 80.3 g/mol. The van der Waals surface area contributed by atoms with E-state index in [1.54, 1.807) is 0 Å². The number of aliphatic carboxylic acids is 1. The highest BCUT2D eigenvalue weighted by molar-refractivity contribution is 5.75. The molecule has 0 aromatic carbocycles. The fourth-order valence-electron chi connectivity index (χ4n) is 0. The molecule has 2 radical (unpaired) electrons. The summed E-state index contributed by atoms with van der Waals surface area (Å²) in [6.45, 7) is 1.08. The molecule has 0 aliphatic rings. The highest BCUT2D eigenvalue weighted by Crippen LogP contribution is 1.42. The molecule has 2 nitrogen and oxygen atoms in total. The average Bonchev–Trinajstić information content (AvgIpc) is 0.811. The van der Waals surface area contributed by atoms with Gasteiger partial charge in [-0.15, -0.1) is 0 Å². The van der Waals surface area contributed by atoms with Crippen molar-refractivity contribution >= 4 is 29.0 Å². The third kappa shape index (κ3) is 380. The van der Waals surface area contributed by atoms with Gasteiger partial charge in [-0.2, -0.15) is 0 Å². The van der Waals surface area contributed by atoms with Gasteiger partial charge in [0.25, 0.3) is 5.97 Å². The van der Waals surface area contributed by atoms with Gasteiger partial charge in [-0.3, -0.25) is 4.79 Å². The van der Waals surface area contributed by atoms with Crippen LogP contribution in [0.25, 0.3) is 0 Å². The van der Waals surface area contributed by atoms with Gasteiger partial charge in [-0.25, -0.2) is 0 Å². The maximum absolute atomic E-state index is 9.00. The van der Waals surface area contributed by atoms with Gasteiger partial charge in [0.05, 0.1) is 0 Å². The predicted octanol–water partition coefficient (Wildman–Crippen LogP) is -0.290. The van der Waals surface area contributed by atoms with E-state index in [0.29, 0.717) is 0 Å². The lowest BCUT2D eigenvalue weighted by atomic mass is 10.9. The molecule has 0 aromatic rings. The molecule has 1 N–H and O–H groups in total. The zero-order valence-electron chi connectivity index (χ0n) is 3.06. The molecule has 0 atom stereocenters. The standard InChI is InChI=1S/C2H4O2.Mg/c1-2(3)4;/h1H3,(H,3,4);. The Kier molecular flexibility index (Phi) is 7.60.